The molecule has 0 radical (unpaired) electrons. The average molecular weight is 275 g/mol. The number of rotatable bonds is 5. The second-order valence-electron chi connectivity index (χ2n) is 4.82. The first-order valence-corrected chi connectivity index (χ1v) is 6.59. The summed E-state index contributed by atoms with van der Waals surface area (Å²) in [7, 11) is 0. The largest absolute Gasteiger partial charge is 0.421 e. The van der Waals surface area contributed by atoms with E-state index in [0.717, 1.165) is 12.8 Å². The predicted octanol–water partition coefficient (Wildman–Crippen LogP) is 2.09. The molecule has 1 aromatic carbocycles. The highest BCUT2D eigenvalue weighted by atomic mass is 19.1. The Hall–Kier alpha value is -2.24. The molecule has 1 fully saturated rings. The Morgan fingerprint density at radius 3 is 2.90 bits per heavy atom. The van der Waals surface area contributed by atoms with Crippen LogP contribution in [0.25, 0.3) is 11.5 Å². The summed E-state index contributed by atoms with van der Waals surface area (Å²) in [6, 6.07) is 6.55. The third-order valence-electron chi connectivity index (χ3n) is 3.08. The smallest absolute Gasteiger partial charge is 0.250 e. The summed E-state index contributed by atoms with van der Waals surface area (Å²) in [4.78, 5) is 11.5. The summed E-state index contributed by atoms with van der Waals surface area (Å²) in [6.07, 6.45) is 2.78. The van der Waals surface area contributed by atoms with Crippen LogP contribution in [0, 0.1) is 5.82 Å². The fourth-order valence-electron chi connectivity index (χ4n) is 1.85. The van der Waals surface area contributed by atoms with Crippen molar-refractivity contribution in [2.75, 3.05) is 0 Å². The molecule has 20 heavy (non-hydrogen) atoms. The third kappa shape index (κ3) is 3.01. The zero-order valence-corrected chi connectivity index (χ0v) is 10.8. The van der Waals surface area contributed by atoms with Gasteiger partial charge in [0.1, 0.15) is 5.82 Å². The molecule has 0 saturated heterocycles. The molecular formula is C14H14FN3O2. The summed E-state index contributed by atoms with van der Waals surface area (Å²) in [5.74, 6) is 0.0576. The SMILES string of the molecule is O=C(CCc1nnc(-c2ccccc2F)o1)NC1CC1. The second kappa shape index (κ2) is 5.40. The molecular weight excluding hydrogens is 261 g/mol. The number of halogens is 1. The molecule has 3 rings (SSSR count). The van der Waals surface area contributed by atoms with Gasteiger partial charge in [0.25, 0.3) is 5.89 Å². The fraction of sp³-hybridized carbons (Fsp3) is 0.357. The van der Waals surface area contributed by atoms with E-state index in [2.05, 4.69) is 15.5 Å². The van der Waals surface area contributed by atoms with Gasteiger partial charge in [0, 0.05) is 18.9 Å². The van der Waals surface area contributed by atoms with E-state index in [-0.39, 0.29) is 17.4 Å². The highest BCUT2D eigenvalue weighted by Crippen LogP contribution is 2.21. The fourth-order valence-corrected chi connectivity index (χ4v) is 1.85. The van der Waals surface area contributed by atoms with E-state index in [4.69, 9.17) is 4.42 Å². The van der Waals surface area contributed by atoms with Crippen LogP contribution in [0.2, 0.25) is 0 Å². The van der Waals surface area contributed by atoms with Crippen LogP contribution >= 0.6 is 0 Å². The standard InChI is InChI=1S/C14H14FN3O2/c15-11-4-2-1-3-10(11)14-18-17-13(20-14)8-7-12(19)16-9-5-6-9/h1-4,9H,5-8H2,(H,16,19). The minimum absolute atomic E-state index is 0.0156. The first kappa shape index (κ1) is 12.8. The lowest BCUT2D eigenvalue weighted by atomic mass is 10.2. The molecule has 0 spiro atoms. The van der Waals surface area contributed by atoms with Gasteiger partial charge in [-0.1, -0.05) is 12.1 Å². The maximum Gasteiger partial charge on any atom is 0.250 e. The monoisotopic (exact) mass is 275 g/mol. The van der Waals surface area contributed by atoms with Gasteiger partial charge in [0.2, 0.25) is 11.8 Å². The Bertz CT molecular complexity index is 622. The Labute approximate surface area is 115 Å². The van der Waals surface area contributed by atoms with Gasteiger partial charge in [-0.3, -0.25) is 4.79 Å². The van der Waals surface area contributed by atoms with Crippen molar-refractivity contribution in [1.29, 1.82) is 0 Å². The number of amides is 1. The Balaban J connectivity index is 1.61. The average Bonchev–Trinajstić information content (AvgIpc) is 3.12. The number of hydrogen-bond donors (Lipinski definition) is 1. The van der Waals surface area contributed by atoms with Crippen molar-refractivity contribution in [3.63, 3.8) is 0 Å². The van der Waals surface area contributed by atoms with Gasteiger partial charge in [-0.15, -0.1) is 10.2 Å². The van der Waals surface area contributed by atoms with E-state index in [1.165, 1.54) is 6.07 Å². The van der Waals surface area contributed by atoms with Crippen molar-refractivity contribution in [1.82, 2.24) is 15.5 Å². The lowest BCUT2D eigenvalue weighted by molar-refractivity contribution is -0.121. The van der Waals surface area contributed by atoms with Crippen LogP contribution in [0.3, 0.4) is 0 Å². The van der Waals surface area contributed by atoms with Gasteiger partial charge in [-0.25, -0.2) is 4.39 Å². The third-order valence-corrected chi connectivity index (χ3v) is 3.08. The van der Waals surface area contributed by atoms with Gasteiger partial charge in [0.15, 0.2) is 0 Å². The molecule has 6 heteroatoms. The Morgan fingerprint density at radius 1 is 1.35 bits per heavy atom. The van der Waals surface area contributed by atoms with Crippen molar-refractivity contribution >= 4 is 5.91 Å². The topological polar surface area (TPSA) is 68.0 Å². The summed E-state index contributed by atoms with van der Waals surface area (Å²) >= 11 is 0. The van der Waals surface area contributed by atoms with Crippen LogP contribution < -0.4 is 5.32 Å². The molecule has 1 aliphatic rings. The van der Waals surface area contributed by atoms with Crippen LogP contribution in [0.4, 0.5) is 4.39 Å². The van der Waals surface area contributed by atoms with E-state index in [0.29, 0.717) is 24.8 Å². The number of nitrogens with one attached hydrogen (secondary N) is 1. The van der Waals surface area contributed by atoms with E-state index in [1.807, 2.05) is 0 Å². The van der Waals surface area contributed by atoms with Gasteiger partial charge in [0.05, 0.1) is 5.56 Å². The molecule has 0 unspecified atom stereocenters. The number of carbonyl (C=O) groups excluding carboxylic acids is 1. The maximum atomic E-state index is 13.6. The predicted molar refractivity (Wildman–Crippen MR) is 69.2 cm³/mol. The van der Waals surface area contributed by atoms with Gasteiger partial charge in [-0.05, 0) is 25.0 Å². The van der Waals surface area contributed by atoms with Crippen LogP contribution in [0.5, 0.6) is 0 Å². The first-order valence-electron chi connectivity index (χ1n) is 6.59. The van der Waals surface area contributed by atoms with E-state index in [9.17, 15) is 9.18 Å². The maximum absolute atomic E-state index is 13.6. The number of carbonyl (C=O) groups is 1. The molecule has 1 aromatic heterocycles. The lowest BCUT2D eigenvalue weighted by Crippen LogP contribution is -2.25. The van der Waals surface area contributed by atoms with Crippen molar-refractivity contribution in [3.05, 3.63) is 36.0 Å². The molecule has 0 aliphatic heterocycles. The molecule has 1 aliphatic carbocycles. The van der Waals surface area contributed by atoms with E-state index < -0.39 is 5.82 Å². The molecule has 2 aromatic rings. The number of aryl methyl sites for hydroxylation is 1. The normalized spacial score (nSPS) is 14.2. The Morgan fingerprint density at radius 2 is 2.15 bits per heavy atom. The van der Waals surface area contributed by atoms with Crippen molar-refractivity contribution < 1.29 is 13.6 Å². The molecule has 5 nitrogen and oxygen atoms in total. The number of hydrogen-bond acceptors (Lipinski definition) is 4. The minimum atomic E-state index is -0.408. The zero-order valence-electron chi connectivity index (χ0n) is 10.8. The van der Waals surface area contributed by atoms with Gasteiger partial charge in [-0.2, -0.15) is 0 Å². The number of benzene rings is 1. The number of nitrogens with zero attached hydrogens (tertiary/aromatic N) is 2. The molecule has 1 amide bonds. The molecule has 1 N–H and O–H groups in total. The van der Waals surface area contributed by atoms with Crippen molar-refractivity contribution in [2.24, 2.45) is 0 Å². The first-order chi connectivity index (χ1) is 9.72. The van der Waals surface area contributed by atoms with E-state index >= 15 is 0 Å². The van der Waals surface area contributed by atoms with Crippen LogP contribution in [-0.2, 0) is 11.2 Å². The van der Waals surface area contributed by atoms with Crippen molar-refractivity contribution in [3.8, 4) is 11.5 Å². The highest BCUT2D eigenvalue weighted by Gasteiger charge is 2.23. The van der Waals surface area contributed by atoms with Crippen molar-refractivity contribution in [2.45, 2.75) is 31.7 Å². The summed E-state index contributed by atoms with van der Waals surface area (Å²) in [5, 5.41) is 10.5. The molecule has 0 bridgehead atoms. The summed E-state index contributed by atoms with van der Waals surface area (Å²) in [6.45, 7) is 0. The summed E-state index contributed by atoms with van der Waals surface area (Å²) < 4.78 is 18.9. The van der Waals surface area contributed by atoms with Crippen LogP contribution in [0.15, 0.2) is 28.7 Å². The van der Waals surface area contributed by atoms with Gasteiger partial charge >= 0.3 is 0 Å². The van der Waals surface area contributed by atoms with Crippen LogP contribution in [-0.4, -0.2) is 22.1 Å². The quantitative estimate of drug-likeness (QED) is 0.907. The molecule has 1 saturated carbocycles. The minimum Gasteiger partial charge on any atom is -0.421 e. The molecule has 1 heterocycles. The number of aromatic nitrogens is 2. The molecule has 104 valence electrons. The summed E-state index contributed by atoms with van der Waals surface area (Å²) in [5.41, 5.74) is 0.272. The van der Waals surface area contributed by atoms with Crippen LogP contribution in [0.1, 0.15) is 25.2 Å². The van der Waals surface area contributed by atoms with Gasteiger partial charge < -0.3 is 9.73 Å². The zero-order chi connectivity index (χ0) is 13.9. The van der Waals surface area contributed by atoms with E-state index in [1.54, 1.807) is 18.2 Å². The lowest BCUT2D eigenvalue weighted by Gasteiger charge is -2.00. The molecule has 0 atom stereocenters. The second-order valence-corrected chi connectivity index (χ2v) is 4.82. The highest BCUT2D eigenvalue weighted by molar-refractivity contribution is 5.76. The Kier molecular flexibility index (Phi) is 3.45.